The first-order valence-electron chi connectivity index (χ1n) is 6.12. The smallest absolute Gasteiger partial charge is 0.138 e. The van der Waals surface area contributed by atoms with Crippen molar-refractivity contribution in [3.8, 4) is 11.5 Å². The Hall–Kier alpha value is -1.42. The van der Waals surface area contributed by atoms with Crippen molar-refractivity contribution in [2.45, 2.75) is 13.1 Å². The van der Waals surface area contributed by atoms with E-state index in [2.05, 4.69) is 5.32 Å². The number of benzene rings is 2. The fourth-order valence-electron chi connectivity index (χ4n) is 1.93. The number of methoxy groups -OCH3 is 1. The summed E-state index contributed by atoms with van der Waals surface area (Å²) in [6.07, 6.45) is 0. The number of phenols is 1. The van der Waals surface area contributed by atoms with E-state index in [1.807, 2.05) is 24.3 Å². The number of hydrogen-bond donors (Lipinski definition) is 2. The topological polar surface area (TPSA) is 41.5 Å². The molecule has 0 aliphatic heterocycles. The summed E-state index contributed by atoms with van der Waals surface area (Å²) in [6.45, 7) is 1.02. The summed E-state index contributed by atoms with van der Waals surface area (Å²) in [7, 11) is 1.61. The summed E-state index contributed by atoms with van der Waals surface area (Å²) in [5.41, 5.74) is 1.63. The first-order valence-corrected chi connectivity index (χ1v) is 6.87. The molecule has 20 heavy (non-hydrogen) atoms. The van der Waals surface area contributed by atoms with Gasteiger partial charge in [0.25, 0.3) is 0 Å². The summed E-state index contributed by atoms with van der Waals surface area (Å²) >= 11 is 12.0. The van der Waals surface area contributed by atoms with Crippen molar-refractivity contribution in [2.75, 3.05) is 7.11 Å². The van der Waals surface area contributed by atoms with Gasteiger partial charge in [-0.3, -0.25) is 0 Å². The third-order valence-corrected chi connectivity index (χ3v) is 3.64. The molecule has 0 unspecified atom stereocenters. The Morgan fingerprint density at radius 3 is 2.50 bits per heavy atom. The van der Waals surface area contributed by atoms with Crippen LogP contribution in [0.3, 0.4) is 0 Å². The molecule has 106 valence electrons. The van der Waals surface area contributed by atoms with E-state index in [0.29, 0.717) is 23.1 Å². The minimum absolute atomic E-state index is 0.104. The Morgan fingerprint density at radius 1 is 1.05 bits per heavy atom. The zero-order valence-corrected chi connectivity index (χ0v) is 12.5. The fraction of sp³-hybridized carbons (Fsp3) is 0.200. The van der Waals surface area contributed by atoms with Gasteiger partial charge in [-0.25, -0.2) is 0 Å². The maximum atomic E-state index is 9.83. The summed E-state index contributed by atoms with van der Waals surface area (Å²) < 4.78 is 5.28. The summed E-state index contributed by atoms with van der Waals surface area (Å²) in [6, 6.07) is 10.8. The zero-order chi connectivity index (χ0) is 14.5. The van der Waals surface area contributed by atoms with Crippen molar-refractivity contribution >= 4 is 23.2 Å². The van der Waals surface area contributed by atoms with Crippen LogP contribution >= 0.6 is 23.2 Å². The van der Waals surface area contributed by atoms with Crippen molar-refractivity contribution in [3.63, 3.8) is 0 Å². The molecule has 0 saturated carbocycles. The van der Waals surface area contributed by atoms with Crippen molar-refractivity contribution in [1.29, 1.82) is 0 Å². The second kappa shape index (κ2) is 6.84. The van der Waals surface area contributed by atoms with E-state index in [1.54, 1.807) is 19.2 Å². The molecular weight excluding hydrogens is 297 g/mol. The molecule has 2 N–H and O–H groups in total. The largest absolute Gasteiger partial charge is 0.506 e. The van der Waals surface area contributed by atoms with Crippen molar-refractivity contribution in [1.82, 2.24) is 5.32 Å². The molecule has 0 radical (unpaired) electrons. The number of aromatic hydroxyl groups is 1. The van der Waals surface area contributed by atoms with Crippen LogP contribution < -0.4 is 10.1 Å². The number of para-hydroxylation sites is 1. The summed E-state index contributed by atoms with van der Waals surface area (Å²) in [4.78, 5) is 0. The Kier molecular flexibility index (Phi) is 5.12. The number of hydrogen-bond acceptors (Lipinski definition) is 3. The second-order valence-electron chi connectivity index (χ2n) is 4.27. The molecule has 0 spiro atoms. The molecule has 0 bridgehead atoms. The van der Waals surface area contributed by atoms with E-state index in [9.17, 15) is 5.11 Å². The molecule has 0 aromatic heterocycles. The van der Waals surface area contributed by atoms with Crippen LogP contribution in [0.15, 0.2) is 36.4 Å². The number of rotatable bonds is 5. The minimum atomic E-state index is 0.104. The molecule has 2 rings (SSSR count). The molecule has 5 heteroatoms. The van der Waals surface area contributed by atoms with Gasteiger partial charge in [0.05, 0.1) is 12.1 Å². The quantitative estimate of drug-likeness (QED) is 0.877. The number of phenolic OH excluding ortho intramolecular Hbond substituents is 1. The molecule has 0 amide bonds. The van der Waals surface area contributed by atoms with Gasteiger partial charge in [0, 0.05) is 29.2 Å². The van der Waals surface area contributed by atoms with Gasteiger partial charge in [-0.2, -0.15) is 0 Å². The molecular formula is C15H15Cl2NO2. The average molecular weight is 312 g/mol. The maximum absolute atomic E-state index is 9.83. The SMILES string of the molecule is COc1cccc(Cl)c1CNCc1cccc(Cl)c1O. The van der Waals surface area contributed by atoms with Crippen LogP contribution in [0.2, 0.25) is 10.0 Å². The summed E-state index contributed by atoms with van der Waals surface area (Å²) in [5, 5.41) is 14.0. The second-order valence-corrected chi connectivity index (χ2v) is 5.09. The van der Waals surface area contributed by atoms with Crippen molar-refractivity contribution in [3.05, 3.63) is 57.6 Å². The van der Waals surface area contributed by atoms with E-state index in [-0.39, 0.29) is 5.75 Å². The zero-order valence-electron chi connectivity index (χ0n) is 11.0. The molecule has 2 aromatic carbocycles. The van der Waals surface area contributed by atoms with Gasteiger partial charge in [0.2, 0.25) is 0 Å². The normalized spacial score (nSPS) is 10.6. The highest BCUT2D eigenvalue weighted by Gasteiger charge is 2.08. The lowest BCUT2D eigenvalue weighted by atomic mass is 10.1. The van der Waals surface area contributed by atoms with Crippen LogP contribution in [-0.4, -0.2) is 12.2 Å². The lowest BCUT2D eigenvalue weighted by Gasteiger charge is -2.12. The van der Waals surface area contributed by atoms with E-state index >= 15 is 0 Å². The minimum Gasteiger partial charge on any atom is -0.506 e. The van der Waals surface area contributed by atoms with Crippen molar-refractivity contribution < 1.29 is 9.84 Å². The van der Waals surface area contributed by atoms with Crippen LogP contribution in [0.1, 0.15) is 11.1 Å². The third kappa shape index (κ3) is 3.37. The molecule has 2 aromatic rings. The molecule has 0 atom stereocenters. The number of ether oxygens (including phenoxy) is 1. The van der Waals surface area contributed by atoms with E-state index in [0.717, 1.165) is 16.9 Å². The first kappa shape index (κ1) is 15.0. The Balaban J connectivity index is 2.05. The van der Waals surface area contributed by atoms with Crippen LogP contribution in [0, 0.1) is 0 Å². The standard InChI is InChI=1S/C15H15Cl2NO2/c1-20-14-7-3-5-12(16)11(14)9-18-8-10-4-2-6-13(17)15(10)19/h2-7,18-19H,8-9H2,1H3. The van der Waals surface area contributed by atoms with Gasteiger partial charge in [0.15, 0.2) is 0 Å². The highest BCUT2D eigenvalue weighted by atomic mass is 35.5. The lowest BCUT2D eigenvalue weighted by molar-refractivity contribution is 0.407. The first-order chi connectivity index (χ1) is 9.63. The third-order valence-electron chi connectivity index (χ3n) is 2.98. The van der Waals surface area contributed by atoms with Gasteiger partial charge in [-0.05, 0) is 18.2 Å². The maximum Gasteiger partial charge on any atom is 0.138 e. The van der Waals surface area contributed by atoms with Crippen LogP contribution in [0.25, 0.3) is 0 Å². The lowest BCUT2D eigenvalue weighted by Crippen LogP contribution is -2.14. The Bertz CT molecular complexity index is 602. The summed E-state index contributed by atoms with van der Waals surface area (Å²) in [5.74, 6) is 0.841. The number of halogens is 2. The Labute approximate surface area is 128 Å². The van der Waals surface area contributed by atoms with Gasteiger partial charge < -0.3 is 15.2 Å². The van der Waals surface area contributed by atoms with Crippen LogP contribution in [-0.2, 0) is 13.1 Å². The fourth-order valence-corrected chi connectivity index (χ4v) is 2.35. The van der Waals surface area contributed by atoms with Crippen LogP contribution in [0.5, 0.6) is 11.5 Å². The predicted molar refractivity (Wildman–Crippen MR) is 81.7 cm³/mol. The van der Waals surface area contributed by atoms with E-state index in [1.165, 1.54) is 0 Å². The van der Waals surface area contributed by atoms with Gasteiger partial charge >= 0.3 is 0 Å². The highest BCUT2D eigenvalue weighted by Crippen LogP contribution is 2.28. The molecule has 0 fully saturated rings. The van der Waals surface area contributed by atoms with E-state index < -0.39 is 0 Å². The molecule has 0 aliphatic carbocycles. The Morgan fingerprint density at radius 2 is 1.75 bits per heavy atom. The van der Waals surface area contributed by atoms with Gasteiger partial charge in [-0.15, -0.1) is 0 Å². The highest BCUT2D eigenvalue weighted by molar-refractivity contribution is 6.32. The molecule has 0 saturated heterocycles. The monoisotopic (exact) mass is 311 g/mol. The predicted octanol–water partition coefficient (Wildman–Crippen LogP) is 4.00. The number of nitrogens with one attached hydrogen (secondary N) is 1. The van der Waals surface area contributed by atoms with E-state index in [4.69, 9.17) is 27.9 Å². The molecule has 0 heterocycles. The van der Waals surface area contributed by atoms with Crippen molar-refractivity contribution in [2.24, 2.45) is 0 Å². The van der Waals surface area contributed by atoms with Crippen LogP contribution in [0.4, 0.5) is 0 Å². The average Bonchev–Trinajstić information content (AvgIpc) is 2.45. The van der Waals surface area contributed by atoms with Gasteiger partial charge in [-0.1, -0.05) is 41.4 Å². The van der Waals surface area contributed by atoms with Gasteiger partial charge in [0.1, 0.15) is 11.5 Å². The molecule has 3 nitrogen and oxygen atoms in total. The molecule has 0 aliphatic rings.